The lowest BCUT2D eigenvalue weighted by Gasteiger charge is -2.33. The first-order chi connectivity index (χ1) is 16.8. The highest BCUT2D eigenvalue weighted by molar-refractivity contribution is 5.85. The summed E-state index contributed by atoms with van der Waals surface area (Å²) in [5.41, 5.74) is 0.266. The average Bonchev–Trinajstić information content (AvgIpc) is 3.17. The Hall–Kier alpha value is -2.89. The summed E-state index contributed by atoms with van der Waals surface area (Å²) in [6.07, 6.45) is -5.94. The van der Waals surface area contributed by atoms with E-state index in [1.54, 1.807) is 31.7 Å². The Morgan fingerprint density at radius 1 is 1.11 bits per heavy atom. The van der Waals surface area contributed by atoms with Crippen LogP contribution in [0.5, 0.6) is 0 Å². The molecule has 2 saturated heterocycles. The maximum atomic E-state index is 14.9. The van der Waals surface area contributed by atoms with Gasteiger partial charge in [-0.25, -0.2) is 9.18 Å². The minimum absolute atomic E-state index is 0.0367. The molecule has 8 nitrogen and oxygen atoms in total. The maximum absolute atomic E-state index is 14.9. The quantitative estimate of drug-likeness (QED) is 0.577. The Labute approximate surface area is 206 Å². The molecule has 2 fully saturated rings. The molecule has 2 amide bonds. The van der Waals surface area contributed by atoms with E-state index in [1.807, 2.05) is 0 Å². The van der Waals surface area contributed by atoms with Crippen LogP contribution in [-0.2, 0) is 20.8 Å². The number of likely N-dealkylation sites (tertiary alicyclic amines) is 1. The summed E-state index contributed by atoms with van der Waals surface area (Å²) in [5.74, 6) is -1.19. The van der Waals surface area contributed by atoms with Gasteiger partial charge >= 0.3 is 12.3 Å². The van der Waals surface area contributed by atoms with Gasteiger partial charge in [-0.05, 0) is 45.7 Å². The van der Waals surface area contributed by atoms with Crippen LogP contribution in [0.15, 0.2) is 18.2 Å². The van der Waals surface area contributed by atoms with Gasteiger partial charge in [0.15, 0.2) is 6.10 Å². The minimum atomic E-state index is -4.57. The second kappa shape index (κ2) is 9.87. The van der Waals surface area contributed by atoms with E-state index >= 15 is 0 Å². The molecule has 0 bridgehead atoms. The van der Waals surface area contributed by atoms with E-state index in [4.69, 9.17) is 9.47 Å². The molecule has 12 heteroatoms. The first-order valence-corrected chi connectivity index (χ1v) is 11.9. The Morgan fingerprint density at radius 3 is 2.44 bits per heavy atom. The molecule has 0 unspecified atom stereocenters. The number of carbonyl (C=O) groups is 2. The first-order valence-electron chi connectivity index (χ1n) is 11.9. The molecule has 198 valence electrons. The Bertz CT molecular complexity index is 1120. The second-order valence-electron chi connectivity index (χ2n) is 10.2. The van der Waals surface area contributed by atoms with Crippen molar-refractivity contribution in [2.75, 3.05) is 32.8 Å². The molecule has 1 atom stereocenters. The fraction of sp³-hybridized carbons (Fsp3) is 0.625. The number of carbonyl (C=O) groups excluding carboxylic acids is 2. The first kappa shape index (κ1) is 26.2. The smallest absolute Gasteiger partial charge is 0.416 e. The number of hydrogen-bond donors (Lipinski definition) is 0. The normalized spacial score (nSPS) is 20.1. The summed E-state index contributed by atoms with van der Waals surface area (Å²) in [6, 6.07) is 4.45. The fourth-order valence-corrected chi connectivity index (χ4v) is 4.59. The Morgan fingerprint density at radius 2 is 1.81 bits per heavy atom. The van der Waals surface area contributed by atoms with Crippen LogP contribution in [0.3, 0.4) is 0 Å². The van der Waals surface area contributed by atoms with Crippen molar-refractivity contribution < 1.29 is 36.6 Å². The summed E-state index contributed by atoms with van der Waals surface area (Å²) in [6.45, 7) is 5.11. The second-order valence-corrected chi connectivity index (χ2v) is 10.2. The largest absolute Gasteiger partial charge is 0.444 e. The zero-order valence-corrected chi connectivity index (χ0v) is 20.5. The zero-order valence-electron chi connectivity index (χ0n) is 20.5. The van der Waals surface area contributed by atoms with E-state index in [2.05, 4.69) is 5.10 Å². The molecular formula is C24H30F4N4O4. The number of piperidine rings is 1. The van der Waals surface area contributed by atoms with Crippen molar-refractivity contribution in [3.05, 3.63) is 29.7 Å². The molecule has 2 aromatic rings. The third kappa shape index (κ3) is 5.74. The molecule has 0 N–H and O–H groups in total. The van der Waals surface area contributed by atoms with Gasteiger partial charge in [-0.15, -0.1) is 0 Å². The van der Waals surface area contributed by atoms with Crippen molar-refractivity contribution in [3.63, 3.8) is 0 Å². The lowest BCUT2D eigenvalue weighted by Crippen LogP contribution is -2.51. The summed E-state index contributed by atoms with van der Waals surface area (Å²) in [7, 11) is 0. The molecule has 2 aliphatic rings. The van der Waals surface area contributed by atoms with Gasteiger partial charge in [0, 0.05) is 25.6 Å². The number of amides is 2. The zero-order chi connectivity index (χ0) is 26.3. The third-order valence-corrected chi connectivity index (χ3v) is 6.36. The van der Waals surface area contributed by atoms with E-state index in [1.165, 1.54) is 16.8 Å². The van der Waals surface area contributed by atoms with Crippen LogP contribution in [0, 0.1) is 5.82 Å². The summed E-state index contributed by atoms with van der Waals surface area (Å²) >= 11 is 0. The van der Waals surface area contributed by atoms with Gasteiger partial charge in [-0.3, -0.25) is 9.48 Å². The van der Waals surface area contributed by atoms with Crippen LogP contribution in [-0.4, -0.2) is 82.2 Å². The molecule has 2 aliphatic heterocycles. The molecule has 36 heavy (non-hydrogen) atoms. The van der Waals surface area contributed by atoms with Gasteiger partial charge in [0.05, 0.1) is 29.7 Å². The van der Waals surface area contributed by atoms with Gasteiger partial charge in [-0.2, -0.15) is 18.3 Å². The monoisotopic (exact) mass is 514 g/mol. The number of alkyl halides is 3. The molecule has 4 rings (SSSR count). The van der Waals surface area contributed by atoms with Gasteiger partial charge < -0.3 is 19.3 Å². The molecule has 0 aliphatic carbocycles. The van der Waals surface area contributed by atoms with Crippen LogP contribution < -0.4 is 0 Å². The SMILES string of the molecule is CC(C)(C)OC(=O)N1CCC(c2nn(CC(=O)N3CCO[C@@H](C(F)(F)F)C3)c3cccc(F)c23)CC1. The number of ether oxygens (including phenoxy) is 2. The number of halogens is 4. The lowest BCUT2D eigenvalue weighted by atomic mass is 9.91. The van der Waals surface area contributed by atoms with Crippen LogP contribution >= 0.6 is 0 Å². The minimum Gasteiger partial charge on any atom is -0.444 e. The van der Waals surface area contributed by atoms with Gasteiger partial charge in [0.1, 0.15) is 18.0 Å². The summed E-state index contributed by atoms with van der Waals surface area (Å²) in [5, 5.41) is 4.83. The highest BCUT2D eigenvalue weighted by atomic mass is 19.4. The van der Waals surface area contributed by atoms with Crippen molar-refractivity contribution in [2.24, 2.45) is 0 Å². The standard InChI is InChI=1S/C24H30F4N4O4/c1-23(2,3)36-22(34)30-9-7-15(8-10-30)21-20-16(25)5-4-6-17(20)32(29-21)14-19(33)31-11-12-35-18(13-31)24(26,27)28/h4-6,15,18H,7-14H2,1-3H3/t18-/m1/s1. The maximum Gasteiger partial charge on any atom is 0.416 e. The van der Waals surface area contributed by atoms with E-state index in [9.17, 15) is 27.2 Å². The van der Waals surface area contributed by atoms with Gasteiger partial charge in [-0.1, -0.05) is 6.07 Å². The van der Waals surface area contributed by atoms with Gasteiger partial charge in [0.2, 0.25) is 5.91 Å². The average molecular weight is 515 g/mol. The number of nitrogens with zero attached hydrogens (tertiary/aromatic N) is 4. The predicted octanol–water partition coefficient (Wildman–Crippen LogP) is 4.08. The van der Waals surface area contributed by atoms with Crippen LogP contribution in [0.4, 0.5) is 22.4 Å². The fourth-order valence-electron chi connectivity index (χ4n) is 4.59. The van der Waals surface area contributed by atoms with Crippen LogP contribution in [0.1, 0.15) is 45.2 Å². The van der Waals surface area contributed by atoms with Crippen LogP contribution in [0.2, 0.25) is 0 Å². The molecule has 1 aromatic carbocycles. The lowest BCUT2D eigenvalue weighted by molar-refractivity contribution is -0.236. The summed E-state index contributed by atoms with van der Waals surface area (Å²) < 4.78 is 65.7. The van der Waals surface area contributed by atoms with Gasteiger partial charge in [0.25, 0.3) is 0 Å². The van der Waals surface area contributed by atoms with Crippen molar-refractivity contribution in [1.29, 1.82) is 0 Å². The highest BCUT2D eigenvalue weighted by Gasteiger charge is 2.44. The Balaban J connectivity index is 1.51. The van der Waals surface area contributed by atoms with E-state index in [0.29, 0.717) is 37.1 Å². The van der Waals surface area contributed by atoms with Crippen molar-refractivity contribution in [3.8, 4) is 0 Å². The molecule has 0 spiro atoms. The van der Waals surface area contributed by atoms with Crippen LogP contribution in [0.25, 0.3) is 10.9 Å². The van der Waals surface area contributed by atoms with E-state index < -0.39 is 42.2 Å². The Kier molecular flexibility index (Phi) is 7.18. The molecule has 0 radical (unpaired) electrons. The van der Waals surface area contributed by atoms with Crippen molar-refractivity contribution in [2.45, 2.75) is 64.0 Å². The number of aromatic nitrogens is 2. The highest BCUT2D eigenvalue weighted by Crippen LogP contribution is 2.34. The van der Waals surface area contributed by atoms with Crippen molar-refractivity contribution in [1.82, 2.24) is 19.6 Å². The summed E-state index contributed by atoms with van der Waals surface area (Å²) in [4.78, 5) is 28.0. The molecule has 0 saturated carbocycles. The topological polar surface area (TPSA) is 76.9 Å². The number of fused-ring (bicyclic) bond motifs is 1. The predicted molar refractivity (Wildman–Crippen MR) is 122 cm³/mol. The number of rotatable bonds is 3. The van der Waals surface area contributed by atoms with E-state index in [-0.39, 0.29) is 31.0 Å². The molecular weight excluding hydrogens is 484 g/mol. The number of benzene rings is 1. The van der Waals surface area contributed by atoms with E-state index in [0.717, 1.165) is 4.90 Å². The number of morpholine rings is 1. The van der Waals surface area contributed by atoms with Crippen molar-refractivity contribution >= 4 is 22.9 Å². The number of hydrogen-bond acceptors (Lipinski definition) is 5. The third-order valence-electron chi connectivity index (χ3n) is 6.36. The molecule has 3 heterocycles. The molecule has 1 aromatic heterocycles.